The molecule has 6 nitrogen and oxygen atoms in total. The van der Waals surface area contributed by atoms with Crippen LogP contribution in [0.25, 0.3) is 0 Å². The fourth-order valence-electron chi connectivity index (χ4n) is 2.55. The van der Waals surface area contributed by atoms with Gasteiger partial charge in [-0.25, -0.2) is 8.42 Å². The van der Waals surface area contributed by atoms with Crippen molar-refractivity contribution in [2.75, 3.05) is 11.3 Å². The summed E-state index contributed by atoms with van der Waals surface area (Å²) in [4.78, 5) is 11.6. The van der Waals surface area contributed by atoms with Crippen molar-refractivity contribution in [3.05, 3.63) is 84.4 Å². The maximum absolute atomic E-state index is 12.8. The van der Waals surface area contributed by atoms with Crippen LogP contribution >= 0.6 is 0 Å². The molecule has 0 spiro atoms. The number of sulfonamides is 1. The van der Waals surface area contributed by atoms with E-state index in [0.29, 0.717) is 5.75 Å². The highest BCUT2D eigenvalue weighted by Gasteiger charge is 2.28. The fourth-order valence-corrected chi connectivity index (χ4v) is 3.66. The number of rotatable bonds is 7. The highest BCUT2D eigenvalue weighted by molar-refractivity contribution is 7.92. The SMILES string of the molecule is O=C(NCC(F)(F)F)c1cccc(S(=O)(=O)Nc2ccccc2Oc2ccccc2)c1. The van der Waals surface area contributed by atoms with Gasteiger partial charge in [-0.2, -0.15) is 13.2 Å². The maximum Gasteiger partial charge on any atom is 0.405 e. The Morgan fingerprint density at radius 3 is 2.29 bits per heavy atom. The first kappa shape index (κ1) is 22.2. The van der Waals surface area contributed by atoms with Crippen molar-refractivity contribution in [2.45, 2.75) is 11.1 Å². The highest BCUT2D eigenvalue weighted by Crippen LogP contribution is 2.31. The van der Waals surface area contributed by atoms with Gasteiger partial charge in [0.25, 0.3) is 15.9 Å². The molecule has 1 amide bonds. The third-order valence-electron chi connectivity index (χ3n) is 3.96. The zero-order valence-electron chi connectivity index (χ0n) is 15.9. The molecule has 162 valence electrons. The van der Waals surface area contributed by atoms with Gasteiger partial charge in [-0.05, 0) is 42.5 Å². The average Bonchev–Trinajstić information content (AvgIpc) is 2.73. The molecule has 0 aromatic heterocycles. The maximum atomic E-state index is 12.8. The molecule has 0 fully saturated rings. The van der Waals surface area contributed by atoms with Crippen molar-refractivity contribution in [3.63, 3.8) is 0 Å². The van der Waals surface area contributed by atoms with Crippen molar-refractivity contribution in [1.29, 1.82) is 0 Å². The van der Waals surface area contributed by atoms with Crippen molar-refractivity contribution < 1.29 is 31.1 Å². The van der Waals surface area contributed by atoms with Gasteiger partial charge in [-0.15, -0.1) is 0 Å². The summed E-state index contributed by atoms with van der Waals surface area (Å²) >= 11 is 0. The first-order valence-electron chi connectivity index (χ1n) is 8.94. The summed E-state index contributed by atoms with van der Waals surface area (Å²) in [6, 6.07) is 19.8. The zero-order chi connectivity index (χ0) is 22.5. The number of nitrogens with one attached hydrogen (secondary N) is 2. The number of halogens is 3. The second-order valence-corrected chi connectivity index (χ2v) is 8.02. The van der Waals surface area contributed by atoms with Crippen molar-refractivity contribution in [3.8, 4) is 11.5 Å². The molecule has 3 aromatic carbocycles. The number of hydrogen-bond acceptors (Lipinski definition) is 4. The lowest BCUT2D eigenvalue weighted by Crippen LogP contribution is -2.33. The third-order valence-corrected chi connectivity index (χ3v) is 5.32. The lowest BCUT2D eigenvalue weighted by Gasteiger charge is -2.14. The summed E-state index contributed by atoms with van der Waals surface area (Å²) in [6.07, 6.45) is -4.58. The van der Waals surface area contributed by atoms with E-state index >= 15 is 0 Å². The van der Waals surface area contributed by atoms with Crippen LogP contribution < -0.4 is 14.8 Å². The normalized spacial score (nSPS) is 11.6. The average molecular weight is 450 g/mol. The van der Waals surface area contributed by atoms with Crippen LogP contribution in [0.2, 0.25) is 0 Å². The van der Waals surface area contributed by atoms with Crippen molar-refractivity contribution >= 4 is 21.6 Å². The van der Waals surface area contributed by atoms with E-state index in [1.54, 1.807) is 53.8 Å². The Morgan fingerprint density at radius 1 is 0.903 bits per heavy atom. The molecule has 0 unspecified atom stereocenters. The molecule has 3 rings (SSSR count). The number of alkyl halides is 3. The molecule has 0 saturated heterocycles. The number of para-hydroxylation sites is 3. The zero-order valence-corrected chi connectivity index (χ0v) is 16.7. The van der Waals surface area contributed by atoms with Gasteiger partial charge < -0.3 is 10.1 Å². The number of hydrogen-bond donors (Lipinski definition) is 2. The Kier molecular flexibility index (Phi) is 6.50. The molecular weight excluding hydrogens is 433 g/mol. The molecule has 0 radical (unpaired) electrons. The molecule has 0 heterocycles. The number of ether oxygens (including phenoxy) is 1. The van der Waals surface area contributed by atoms with E-state index in [0.717, 1.165) is 6.07 Å². The largest absolute Gasteiger partial charge is 0.455 e. The summed E-state index contributed by atoms with van der Waals surface area (Å²) in [5.41, 5.74) is -0.0702. The number of carbonyl (C=O) groups is 1. The van der Waals surface area contributed by atoms with E-state index in [4.69, 9.17) is 4.74 Å². The van der Waals surface area contributed by atoms with Gasteiger partial charge in [0.1, 0.15) is 12.3 Å². The molecular formula is C21H17F3N2O4S. The van der Waals surface area contributed by atoms with Crippen LogP contribution in [-0.4, -0.2) is 27.0 Å². The van der Waals surface area contributed by atoms with E-state index < -0.39 is 28.7 Å². The number of benzene rings is 3. The summed E-state index contributed by atoms with van der Waals surface area (Å²) in [5, 5.41) is 1.70. The molecule has 0 saturated carbocycles. The van der Waals surface area contributed by atoms with E-state index in [9.17, 15) is 26.4 Å². The quantitative estimate of drug-likeness (QED) is 0.552. The summed E-state index contributed by atoms with van der Waals surface area (Å²) in [5.74, 6) is -0.295. The minimum atomic E-state index is -4.58. The molecule has 10 heteroatoms. The van der Waals surface area contributed by atoms with Crippen LogP contribution in [0.1, 0.15) is 10.4 Å². The topological polar surface area (TPSA) is 84.5 Å². The van der Waals surface area contributed by atoms with E-state index in [2.05, 4.69) is 4.72 Å². The monoisotopic (exact) mass is 450 g/mol. The second kappa shape index (κ2) is 9.09. The van der Waals surface area contributed by atoms with Crippen LogP contribution in [0, 0.1) is 0 Å². The predicted molar refractivity (Wildman–Crippen MR) is 109 cm³/mol. The molecule has 31 heavy (non-hydrogen) atoms. The molecule has 0 atom stereocenters. The Hall–Kier alpha value is -3.53. The number of anilines is 1. The van der Waals surface area contributed by atoms with Crippen LogP contribution in [0.4, 0.5) is 18.9 Å². The van der Waals surface area contributed by atoms with Gasteiger partial charge >= 0.3 is 6.18 Å². The van der Waals surface area contributed by atoms with Gasteiger partial charge in [-0.3, -0.25) is 9.52 Å². The first-order valence-corrected chi connectivity index (χ1v) is 10.4. The minimum absolute atomic E-state index is 0.151. The Morgan fingerprint density at radius 2 is 1.58 bits per heavy atom. The Labute approximate surface area is 176 Å². The molecule has 0 aliphatic rings. The number of carbonyl (C=O) groups excluding carboxylic acids is 1. The Balaban J connectivity index is 1.81. The van der Waals surface area contributed by atoms with Gasteiger partial charge in [0.05, 0.1) is 10.6 Å². The highest BCUT2D eigenvalue weighted by atomic mass is 32.2. The lowest BCUT2D eigenvalue weighted by molar-refractivity contribution is -0.123. The van der Waals surface area contributed by atoms with E-state index in [-0.39, 0.29) is 21.9 Å². The van der Waals surface area contributed by atoms with Crippen LogP contribution in [0.15, 0.2) is 83.8 Å². The van der Waals surface area contributed by atoms with Gasteiger partial charge in [0.2, 0.25) is 0 Å². The smallest absolute Gasteiger partial charge is 0.405 e. The fraction of sp³-hybridized carbons (Fsp3) is 0.0952. The third kappa shape index (κ3) is 6.22. The molecule has 0 bridgehead atoms. The lowest BCUT2D eigenvalue weighted by atomic mass is 10.2. The van der Waals surface area contributed by atoms with Crippen molar-refractivity contribution in [2.24, 2.45) is 0 Å². The van der Waals surface area contributed by atoms with Gasteiger partial charge in [0.15, 0.2) is 5.75 Å². The van der Waals surface area contributed by atoms with Crippen molar-refractivity contribution in [1.82, 2.24) is 5.32 Å². The molecule has 0 aliphatic carbocycles. The number of amides is 1. The standard InChI is InChI=1S/C21H17F3N2O4S/c22-21(23,24)14-25-20(27)15-7-6-10-17(13-15)31(28,29)26-18-11-4-5-12-19(18)30-16-8-2-1-3-9-16/h1-13,26H,14H2,(H,25,27). The molecule has 2 N–H and O–H groups in total. The second-order valence-electron chi connectivity index (χ2n) is 6.34. The Bertz CT molecular complexity index is 1170. The predicted octanol–water partition coefficient (Wildman–Crippen LogP) is 4.57. The first-order chi connectivity index (χ1) is 14.6. The van der Waals surface area contributed by atoms with Gasteiger partial charge in [0, 0.05) is 5.56 Å². The van der Waals surface area contributed by atoms with Crippen LogP contribution in [0.3, 0.4) is 0 Å². The minimum Gasteiger partial charge on any atom is -0.455 e. The van der Waals surface area contributed by atoms with Gasteiger partial charge in [-0.1, -0.05) is 36.4 Å². The van der Waals surface area contributed by atoms with E-state index in [1.165, 1.54) is 24.3 Å². The summed E-state index contributed by atoms with van der Waals surface area (Å²) in [7, 11) is -4.16. The molecule has 0 aliphatic heterocycles. The summed E-state index contributed by atoms with van der Waals surface area (Å²) < 4.78 is 70.7. The van der Waals surface area contributed by atoms with E-state index in [1.807, 2.05) is 0 Å². The molecule has 3 aromatic rings. The summed E-state index contributed by atoms with van der Waals surface area (Å²) in [6.45, 7) is -1.52. The van der Waals surface area contributed by atoms with Crippen LogP contribution in [0.5, 0.6) is 11.5 Å². The van der Waals surface area contributed by atoms with Crippen LogP contribution in [-0.2, 0) is 10.0 Å².